The predicted octanol–water partition coefficient (Wildman–Crippen LogP) is 6.88. The Balaban J connectivity index is 1.16. The predicted molar refractivity (Wildman–Crippen MR) is 177 cm³/mol. The summed E-state index contributed by atoms with van der Waals surface area (Å²) in [6, 6.07) is 9.74. The maximum Gasteiger partial charge on any atom is 0.328 e. The fraction of sp³-hybridized carbons (Fsp3) is 0.314. The number of benzene rings is 2. The lowest BCUT2D eigenvalue weighted by atomic mass is 10.1. The molecule has 0 spiro atoms. The number of fused-ring (bicyclic) bond motifs is 1. The summed E-state index contributed by atoms with van der Waals surface area (Å²) in [5.74, 6) is -2.06. The first-order valence-electron chi connectivity index (χ1n) is 15.8. The lowest BCUT2D eigenvalue weighted by Gasteiger charge is -2.31. The number of aromatic nitrogens is 5. The molecule has 0 aliphatic carbocycles. The monoisotopic (exact) mass is 694 g/mol. The number of piperidine rings is 1. The molecule has 0 saturated carbocycles. The highest BCUT2D eigenvalue weighted by atomic mass is 35.5. The van der Waals surface area contributed by atoms with Crippen LogP contribution in [0.25, 0.3) is 16.6 Å². The number of carboxylic acids is 1. The van der Waals surface area contributed by atoms with Crippen molar-refractivity contribution in [3.63, 3.8) is 0 Å². The van der Waals surface area contributed by atoms with E-state index < -0.39 is 23.4 Å². The Labute approximate surface area is 285 Å². The minimum Gasteiger partial charge on any atom is -0.484 e. The number of aliphatic carboxylic acids is 1. The summed E-state index contributed by atoms with van der Waals surface area (Å²) in [7, 11) is 0. The standard InChI is InChI=1S/C35H34ClF3N6O4/c1-3-44-20-40-16-24(44)17-45-30-14-22(21(2)12-34(46)47)13-28(39)35(30)42-32(45)18-43-10-8-25(9-11-43)49-33-7-5-26(37)29(41-33)19-48-31-6-4-23(36)15-27(31)38/h4-7,12-16,20,25H,3,8-11,17-19H2,1-2H3,(H,46,47)/b21-12+. The average molecular weight is 695 g/mol. The number of halogens is 4. The average Bonchev–Trinajstić information content (AvgIpc) is 3.67. The SMILES string of the molecule is CCn1cncc1Cn1c(CN2CCC(Oc3ccc(F)c(COc4ccc(Cl)cc4F)n3)CC2)nc2c(F)cc(/C(C)=C/C(=O)O)cc21. The number of pyridine rings is 1. The molecule has 3 aromatic heterocycles. The molecule has 6 rings (SSSR count). The molecule has 2 aromatic carbocycles. The van der Waals surface area contributed by atoms with E-state index in [1.165, 1.54) is 30.3 Å². The zero-order valence-electron chi connectivity index (χ0n) is 26.9. The van der Waals surface area contributed by atoms with Crippen LogP contribution in [0, 0.1) is 17.5 Å². The van der Waals surface area contributed by atoms with Crippen LogP contribution in [0.2, 0.25) is 5.02 Å². The number of nitrogens with zero attached hydrogens (tertiary/aromatic N) is 6. The Morgan fingerprint density at radius 1 is 1.04 bits per heavy atom. The molecule has 1 saturated heterocycles. The first-order valence-corrected chi connectivity index (χ1v) is 16.2. The minimum absolute atomic E-state index is 0.0170. The molecule has 1 N–H and O–H groups in total. The van der Waals surface area contributed by atoms with E-state index in [-0.39, 0.29) is 40.6 Å². The minimum atomic E-state index is -1.11. The van der Waals surface area contributed by atoms with Crippen LogP contribution >= 0.6 is 11.6 Å². The Bertz CT molecular complexity index is 2020. The van der Waals surface area contributed by atoms with E-state index in [0.29, 0.717) is 68.0 Å². The van der Waals surface area contributed by atoms with Crippen LogP contribution in [-0.2, 0) is 31.0 Å². The van der Waals surface area contributed by atoms with E-state index in [2.05, 4.69) is 14.9 Å². The Kier molecular flexibility index (Phi) is 10.2. The normalized spacial score (nSPS) is 14.4. The number of hydrogen-bond donors (Lipinski definition) is 1. The number of imidazole rings is 2. The third kappa shape index (κ3) is 7.89. The lowest BCUT2D eigenvalue weighted by Crippen LogP contribution is -2.38. The summed E-state index contributed by atoms with van der Waals surface area (Å²) in [6.45, 7) is 6.22. The van der Waals surface area contributed by atoms with Gasteiger partial charge in [-0.15, -0.1) is 0 Å². The van der Waals surface area contributed by atoms with Gasteiger partial charge in [-0.25, -0.2) is 32.9 Å². The molecule has 0 bridgehead atoms. The van der Waals surface area contributed by atoms with Gasteiger partial charge < -0.3 is 23.7 Å². The smallest absolute Gasteiger partial charge is 0.328 e. The molecule has 5 aromatic rings. The second-order valence-corrected chi connectivity index (χ2v) is 12.2. The maximum atomic E-state index is 15.5. The molecule has 0 atom stereocenters. The molecular weight excluding hydrogens is 661 g/mol. The number of rotatable bonds is 12. The van der Waals surface area contributed by atoms with Gasteiger partial charge in [-0.1, -0.05) is 11.6 Å². The maximum absolute atomic E-state index is 15.5. The van der Waals surface area contributed by atoms with Crippen LogP contribution in [0.15, 0.2) is 61.1 Å². The van der Waals surface area contributed by atoms with Gasteiger partial charge in [0.15, 0.2) is 17.4 Å². The molecule has 0 radical (unpaired) electrons. The van der Waals surface area contributed by atoms with Crippen molar-refractivity contribution in [3.05, 3.63) is 106 Å². The molecule has 14 heteroatoms. The summed E-state index contributed by atoms with van der Waals surface area (Å²) in [4.78, 5) is 26.8. The molecule has 256 valence electrons. The van der Waals surface area contributed by atoms with Gasteiger partial charge in [-0.05, 0) is 74.2 Å². The zero-order valence-corrected chi connectivity index (χ0v) is 27.6. The topological polar surface area (TPSA) is 108 Å². The summed E-state index contributed by atoms with van der Waals surface area (Å²) >= 11 is 5.79. The van der Waals surface area contributed by atoms with Crippen LogP contribution in [0.3, 0.4) is 0 Å². The Morgan fingerprint density at radius 2 is 1.84 bits per heavy atom. The van der Waals surface area contributed by atoms with Gasteiger partial charge in [-0.3, -0.25) is 4.90 Å². The first kappa shape index (κ1) is 34.0. The van der Waals surface area contributed by atoms with E-state index >= 15 is 4.39 Å². The number of allylic oxidation sites excluding steroid dienone is 1. The highest BCUT2D eigenvalue weighted by Crippen LogP contribution is 2.28. The Morgan fingerprint density at radius 3 is 2.57 bits per heavy atom. The van der Waals surface area contributed by atoms with Crippen molar-refractivity contribution in [1.29, 1.82) is 0 Å². The number of carbonyl (C=O) groups is 1. The third-order valence-electron chi connectivity index (χ3n) is 8.48. The largest absolute Gasteiger partial charge is 0.484 e. The highest BCUT2D eigenvalue weighted by Gasteiger charge is 2.25. The van der Waals surface area contributed by atoms with Gasteiger partial charge >= 0.3 is 5.97 Å². The molecule has 1 fully saturated rings. The first-order chi connectivity index (χ1) is 23.6. The van der Waals surface area contributed by atoms with Gasteiger partial charge in [0.2, 0.25) is 5.88 Å². The summed E-state index contributed by atoms with van der Waals surface area (Å²) < 4.78 is 59.6. The molecule has 0 amide bonds. The van der Waals surface area contributed by atoms with Gasteiger partial charge in [0.1, 0.15) is 35.6 Å². The number of ether oxygens (including phenoxy) is 2. The van der Waals surface area contributed by atoms with Crippen molar-refractivity contribution in [2.45, 2.75) is 59.0 Å². The van der Waals surface area contributed by atoms with Crippen molar-refractivity contribution in [3.8, 4) is 11.6 Å². The molecular formula is C35H34ClF3N6O4. The summed E-state index contributed by atoms with van der Waals surface area (Å²) in [5.41, 5.74) is 2.57. The van der Waals surface area contributed by atoms with Crippen LogP contribution in [0.4, 0.5) is 13.2 Å². The van der Waals surface area contributed by atoms with E-state index in [9.17, 15) is 18.7 Å². The van der Waals surface area contributed by atoms with Gasteiger partial charge in [0.05, 0.1) is 30.6 Å². The molecule has 49 heavy (non-hydrogen) atoms. The second kappa shape index (κ2) is 14.7. The third-order valence-corrected chi connectivity index (χ3v) is 8.71. The quantitative estimate of drug-likeness (QED) is 0.141. The van der Waals surface area contributed by atoms with Crippen LogP contribution in [0.1, 0.15) is 49.5 Å². The number of likely N-dealkylation sites (tertiary alicyclic amines) is 1. The number of aryl methyl sites for hydroxylation is 1. The summed E-state index contributed by atoms with van der Waals surface area (Å²) in [5, 5.41) is 9.47. The van der Waals surface area contributed by atoms with E-state index in [0.717, 1.165) is 17.8 Å². The van der Waals surface area contributed by atoms with E-state index in [1.54, 1.807) is 25.5 Å². The molecule has 1 aliphatic heterocycles. The fourth-order valence-electron chi connectivity index (χ4n) is 5.87. The van der Waals surface area contributed by atoms with Crippen molar-refractivity contribution >= 4 is 34.2 Å². The van der Waals surface area contributed by atoms with Gasteiger partial charge in [0.25, 0.3) is 0 Å². The highest BCUT2D eigenvalue weighted by molar-refractivity contribution is 6.30. The molecule has 1 aliphatic rings. The van der Waals surface area contributed by atoms with Gasteiger partial charge in [-0.2, -0.15) is 0 Å². The van der Waals surface area contributed by atoms with Crippen molar-refractivity contribution < 1.29 is 32.5 Å². The molecule has 0 unspecified atom stereocenters. The van der Waals surface area contributed by atoms with Gasteiger partial charge in [0, 0.05) is 43.0 Å². The van der Waals surface area contributed by atoms with Crippen LogP contribution in [0.5, 0.6) is 11.6 Å². The van der Waals surface area contributed by atoms with Crippen molar-refractivity contribution in [1.82, 2.24) is 29.0 Å². The summed E-state index contributed by atoms with van der Waals surface area (Å²) in [6.07, 6.45) is 5.70. The fourth-order valence-corrected chi connectivity index (χ4v) is 6.03. The number of hydrogen-bond acceptors (Lipinski definition) is 7. The van der Waals surface area contributed by atoms with E-state index in [1.807, 2.05) is 16.1 Å². The zero-order chi connectivity index (χ0) is 34.7. The lowest BCUT2D eigenvalue weighted by molar-refractivity contribution is -0.131. The molecule has 4 heterocycles. The number of carboxylic acid groups (broad SMARTS) is 1. The Hall–Kier alpha value is -4.88. The van der Waals surface area contributed by atoms with Crippen molar-refractivity contribution in [2.75, 3.05) is 13.1 Å². The van der Waals surface area contributed by atoms with E-state index in [4.69, 9.17) is 26.1 Å². The van der Waals surface area contributed by atoms with Crippen molar-refractivity contribution in [2.24, 2.45) is 0 Å². The second-order valence-electron chi connectivity index (χ2n) is 11.8. The van der Waals surface area contributed by atoms with Crippen LogP contribution in [-0.4, -0.2) is 59.3 Å². The molecule has 10 nitrogen and oxygen atoms in total. The van der Waals surface area contributed by atoms with Crippen LogP contribution < -0.4 is 9.47 Å².